The molecule has 1 N–H and O–H groups in total. The largest absolute Gasteiger partial charge is 0.352 e. The van der Waals surface area contributed by atoms with Gasteiger partial charge in [0.05, 0.1) is 4.83 Å². The fraction of sp³-hybridized carbons (Fsp3) is 0.889. The van der Waals surface area contributed by atoms with Gasteiger partial charge in [-0.2, -0.15) is 0 Å². The van der Waals surface area contributed by atoms with E-state index in [1.54, 1.807) is 0 Å². The third-order valence-electron chi connectivity index (χ3n) is 1.93. The molecule has 0 spiro atoms. The van der Waals surface area contributed by atoms with Gasteiger partial charge in [-0.3, -0.25) is 4.79 Å². The van der Waals surface area contributed by atoms with Crippen LogP contribution < -0.4 is 5.32 Å². The first-order valence-electron chi connectivity index (χ1n) is 4.43. The van der Waals surface area contributed by atoms with Crippen molar-refractivity contribution >= 4 is 21.8 Å². The number of rotatable bonds is 4. The van der Waals surface area contributed by atoms with Gasteiger partial charge in [-0.15, -0.1) is 0 Å². The van der Waals surface area contributed by atoms with Crippen LogP contribution in [0.4, 0.5) is 0 Å². The minimum atomic E-state index is -0.0923. The Morgan fingerprint density at radius 2 is 1.92 bits per heavy atom. The highest BCUT2D eigenvalue weighted by atomic mass is 79.9. The number of carbonyl (C=O) groups is 1. The summed E-state index contributed by atoms with van der Waals surface area (Å²) in [5, 5.41) is 2.98. The van der Waals surface area contributed by atoms with Crippen molar-refractivity contribution < 1.29 is 4.79 Å². The van der Waals surface area contributed by atoms with Crippen LogP contribution in [-0.4, -0.2) is 16.8 Å². The fourth-order valence-corrected chi connectivity index (χ4v) is 1.17. The Bertz CT molecular complexity index is 145. The van der Waals surface area contributed by atoms with E-state index in [1.807, 2.05) is 6.92 Å². The lowest BCUT2D eigenvalue weighted by molar-refractivity contribution is -0.121. The summed E-state index contributed by atoms with van der Waals surface area (Å²) in [6, 6.07) is 0.303. The molecule has 0 fully saturated rings. The fourth-order valence-electron chi connectivity index (χ4n) is 1.04. The summed E-state index contributed by atoms with van der Waals surface area (Å²) in [4.78, 5) is 11.2. The van der Waals surface area contributed by atoms with Crippen LogP contribution in [-0.2, 0) is 4.79 Å². The van der Waals surface area contributed by atoms with E-state index >= 15 is 0 Å². The quantitative estimate of drug-likeness (QED) is 0.745. The standard InChI is InChI=1S/C9H18BrNO/c1-5-8(6(2)3)11-9(12)7(4)10/h6-8H,5H2,1-4H3,(H,11,12). The van der Waals surface area contributed by atoms with Gasteiger partial charge in [0.1, 0.15) is 0 Å². The van der Waals surface area contributed by atoms with Crippen LogP contribution in [0.15, 0.2) is 0 Å². The molecule has 3 heteroatoms. The number of hydrogen-bond donors (Lipinski definition) is 1. The summed E-state index contributed by atoms with van der Waals surface area (Å²) < 4.78 is 0. The molecule has 1 amide bonds. The van der Waals surface area contributed by atoms with Gasteiger partial charge < -0.3 is 5.32 Å². The Kier molecular flexibility index (Phi) is 5.55. The van der Waals surface area contributed by atoms with Crippen LogP contribution in [0, 0.1) is 5.92 Å². The molecule has 2 nitrogen and oxygen atoms in total. The highest BCUT2D eigenvalue weighted by Gasteiger charge is 2.16. The Labute approximate surface area is 83.2 Å². The Balaban J connectivity index is 3.94. The maximum Gasteiger partial charge on any atom is 0.233 e. The van der Waals surface area contributed by atoms with E-state index in [0.29, 0.717) is 12.0 Å². The average molecular weight is 236 g/mol. The molecule has 0 aromatic heterocycles. The second-order valence-corrected chi connectivity index (χ2v) is 4.76. The molecule has 0 aromatic rings. The summed E-state index contributed by atoms with van der Waals surface area (Å²) in [6.45, 7) is 8.16. The highest BCUT2D eigenvalue weighted by Crippen LogP contribution is 2.07. The first-order chi connectivity index (χ1) is 5.49. The first kappa shape index (κ1) is 11.9. The summed E-state index contributed by atoms with van der Waals surface area (Å²) in [6.07, 6.45) is 0.989. The molecule has 0 aliphatic rings. The van der Waals surface area contributed by atoms with Crippen molar-refractivity contribution in [1.82, 2.24) is 5.32 Å². The molecule has 0 radical (unpaired) electrons. The van der Waals surface area contributed by atoms with Crippen molar-refractivity contribution in [3.63, 3.8) is 0 Å². The van der Waals surface area contributed by atoms with Crippen molar-refractivity contribution in [2.75, 3.05) is 0 Å². The van der Waals surface area contributed by atoms with Crippen molar-refractivity contribution in [3.8, 4) is 0 Å². The van der Waals surface area contributed by atoms with Gasteiger partial charge in [-0.1, -0.05) is 36.7 Å². The van der Waals surface area contributed by atoms with Gasteiger partial charge in [-0.25, -0.2) is 0 Å². The van der Waals surface area contributed by atoms with Crippen LogP contribution in [0.5, 0.6) is 0 Å². The predicted molar refractivity (Wildman–Crippen MR) is 55.4 cm³/mol. The second-order valence-electron chi connectivity index (χ2n) is 3.38. The lowest BCUT2D eigenvalue weighted by Gasteiger charge is -2.21. The number of alkyl halides is 1. The summed E-state index contributed by atoms with van der Waals surface area (Å²) >= 11 is 3.23. The van der Waals surface area contributed by atoms with Crippen LogP contribution in [0.3, 0.4) is 0 Å². The molecule has 0 heterocycles. The lowest BCUT2D eigenvalue weighted by Crippen LogP contribution is -2.41. The number of amides is 1. The molecule has 0 bridgehead atoms. The van der Waals surface area contributed by atoms with E-state index in [4.69, 9.17) is 0 Å². The van der Waals surface area contributed by atoms with E-state index < -0.39 is 0 Å². The van der Waals surface area contributed by atoms with Gasteiger partial charge in [0, 0.05) is 6.04 Å². The SMILES string of the molecule is CCC(NC(=O)C(C)Br)C(C)C. The smallest absolute Gasteiger partial charge is 0.233 e. The van der Waals surface area contributed by atoms with Crippen molar-refractivity contribution in [2.45, 2.75) is 45.0 Å². The molecule has 12 heavy (non-hydrogen) atoms. The molecule has 0 aliphatic heterocycles. The Morgan fingerprint density at radius 1 is 1.42 bits per heavy atom. The van der Waals surface area contributed by atoms with Gasteiger partial charge in [0.15, 0.2) is 0 Å². The zero-order valence-corrected chi connectivity index (χ0v) is 9.81. The molecule has 0 saturated carbocycles. The second kappa shape index (κ2) is 5.57. The third-order valence-corrected chi connectivity index (χ3v) is 2.35. The maximum atomic E-state index is 11.3. The van der Waals surface area contributed by atoms with Crippen LogP contribution in [0.1, 0.15) is 34.1 Å². The first-order valence-corrected chi connectivity index (χ1v) is 5.35. The van der Waals surface area contributed by atoms with E-state index in [9.17, 15) is 4.79 Å². The van der Waals surface area contributed by atoms with E-state index in [0.717, 1.165) is 6.42 Å². The predicted octanol–water partition coefficient (Wildman–Crippen LogP) is 2.32. The number of nitrogens with one attached hydrogen (secondary N) is 1. The summed E-state index contributed by atoms with van der Waals surface area (Å²) in [5.41, 5.74) is 0. The summed E-state index contributed by atoms with van der Waals surface area (Å²) in [5.74, 6) is 0.584. The minimum absolute atomic E-state index is 0.0792. The van der Waals surface area contributed by atoms with Gasteiger partial charge in [0.2, 0.25) is 5.91 Å². The van der Waals surface area contributed by atoms with Crippen molar-refractivity contribution in [1.29, 1.82) is 0 Å². The lowest BCUT2D eigenvalue weighted by atomic mass is 10.0. The van der Waals surface area contributed by atoms with Crippen molar-refractivity contribution in [3.05, 3.63) is 0 Å². The molecule has 0 aliphatic carbocycles. The Morgan fingerprint density at radius 3 is 2.17 bits per heavy atom. The van der Waals surface area contributed by atoms with E-state index in [1.165, 1.54) is 0 Å². The molecule has 2 atom stereocenters. The van der Waals surface area contributed by atoms with Gasteiger partial charge in [-0.05, 0) is 19.3 Å². The molecular weight excluding hydrogens is 218 g/mol. The maximum absolute atomic E-state index is 11.3. The monoisotopic (exact) mass is 235 g/mol. The number of carbonyl (C=O) groups excluding carboxylic acids is 1. The topological polar surface area (TPSA) is 29.1 Å². The molecule has 0 saturated heterocycles. The minimum Gasteiger partial charge on any atom is -0.352 e. The normalized spacial score (nSPS) is 15.8. The molecule has 0 aromatic carbocycles. The Hall–Kier alpha value is -0.0500. The zero-order valence-electron chi connectivity index (χ0n) is 8.23. The molecule has 72 valence electrons. The third kappa shape index (κ3) is 4.10. The van der Waals surface area contributed by atoms with Gasteiger partial charge in [0.25, 0.3) is 0 Å². The van der Waals surface area contributed by atoms with Crippen LogP contribution in [0.25, 0.3) is 0 Å². The van der Waals surface area contributed by atoms with E-state index in [2.05, 4.69) is 42.0 Å². The van der Waals surface area contributed by atoms with Crippen LogP contribution >= 0.6 is 15.9 Å². The number of hydrogen-bond acceptors (Lipinski definition) is 1. The molecule has 0 rings (SSSR count). The molecular formula is C9H18BrNO. The van der Waals surface area contributed by atoms with Crippen LogP contribution in [0.2, 0.25) is 0 Å². The summed E-state index contributed by atoms with van der Waals surface area (Å²) in [7, 11) is 0. The highest BCUT2D eigenvalue weighted by molar-refractivity contribution is 9.10. The number of halogens is 1. The van der Waals surface area contributed by atoms with Crippen molar-refractivity contribution in [2.24, 2.45) is 5.92 Å². The molecule has 2 unspecified atom stereocenters. The van der Waals surface area contributed by atoms with E-state index in [-0.39, 0.29) is 10.7 Å². The zero-order chi connectivity index (χ0) is 9.72. The van der Waals surface area contributed by atoms with Gasteiger partial charge >= 0.3 is 0 Å². The average Bonchev–Trinajstić information content (AvgIpc) is 1.98.